The number of aryl methyl sites for hydroxylation is 1. The van der Waals surface area contributed by atoms with E-state index in [-0.39, 0.29) is 11.1 Å². The van der Waals surface area contributed by atoms with E-state index in [1.165, 1.54) is 16.0 Å². The Morgan fingerprint density at radius 2 is 2.19 bits per heavy atom. The molecule has 0 saturated carbocycles. The first kappa shape index (κ1) is 15.7. The Kier molecular flexibility index (Phi) is 4.78. The van der Waals surface area contributed by atoms with E-state index in [0.717, 1.165) is 9.21 Å². The van der Waals surface area contributed by atoms with Gasteiger partial charge < -0.3 is 0 Å². The van der Waals surface area contributed by atoms with Crippen LogP contribution >= 0.6 is 22.9 Å². The predicted octanol–water partition coefficient (Wildman–Crippen LogP) is 2.54. The third-order valence-corrected chi connectivity index (χ3v) is 4.39. The van der Waals surface area contributed by atoms with E-state index in [2.05, 4.69) is 5.10 Å². The van der Waals surface area contributed by atoms with Crippen LogP contribution in [0, 0.1) is 25.2 Å². The molecule has 0 saturated heterocycles. The molecule has 0 spiro atoms. The molecule has 0 radical (unpaired) electrons. The lowest BCUT2D eigenvalue weighted by atomic mass is 10.1. The first-order valence-electron chi connectivity index (χ1n) is 6.33. The van der Waals surface area contributed by atoms with Crippen molar-refractivity contribution in [3.05, 3.63) is 48.5 Å². The lowest BCUT2D eigenvalue weighted by Gasteiger charge is -2.17. The van der Waals surface area contributed by atoms with Crippen LogP contribution in [-0.2, 0) is 13.2 Å². The number of hydrogen-bond donors (Lipinski definition) is 0. The molecule has 0 fully saturated rings. The van der Waals surface area contributed by atoms with Crippen molar-refractivity contribution in [3.63, 3.8) is 0 Å². The maximum absolute atomic E-state index is 12.2. The maximum atomic E-state index is 12.2. The fourth-order valence-electron chi connectivity index (χ4n) is 1.98. The minimum Gasteiger partial charge on any atom is -0.282 e. The molecular weight excluding hydrogens is 308 g/mol. The summed E-state index contributed by atoms with van der Waals surface area (Å²) in [5.74, 6) is 0. The van der Waals surface area contributed by atoms with Crippen molar-refractivity contribution < 1.29 is 0 Å². The maximum Gasteiger partial charge on any atom is 0.286 e. The molecule has 21 heavy (non-hydrogen) atoms. The fourth-order valence-corrected chi connectivity index (χ4v) is 3.15. The second-order valence-corrected chi connectivity index (χ2v) is 6.66. The molecule has 2 rings (SSSR count). The number of thiophene rings is 1. The highest BCUT2D eigenvalue weighted by Crippen LogP contribution is 2.22. The van der Waals surface area contributed by atoms with Crippen LogP contribution < -0.4 is 5.56 Å². The molecule has 0 atom stereocenters. The summed E-state index contributed by atoms with van der Waals surface area (Å²) in [5.41, 5.74) is 1.15. The van der Waals surface area contributed by atoms with Crippen LogP contribution in [0.4, 0.5) is 0 Å². The van der Waals surface area contributed by atoms with E-state index in [0.29, 0.717) is 24.5 Å². The molecule has 0 aliphatic carbocycles. The first-order valence-corrected chi connectivity index (χ1v) is 7.53. The van der Waals surface area contributed by atoms with Crippen LogP contribution in [-0.4, -0.2) is 21.7 Å². The number of hydrogen-bond acceptors (Lipinski definition) is 5. The number of nitriles is 1. The quantitative estimate of drug-likeness (QED) is 0.867. The zero-order valence-corrected chi connectivity index (χ0v) is 13.6. The fraction of sp³-hybridized carbons (Fsp3) is 0.357. The normalized spacial score (nSPS) is 10.9. The van der Waals surface area contributed by atoms with Gasteiger partial charge in [-0.3, -0.25) is 9.69 Å². The minimum absolute atomic E-state index is 0.162. The zero-order chi connectivity index (χ0) is 15.6. The molecule has 0 N–H and O–H groups in total. The molecule has 0 aliphatic heterocycles. The van der Waals surface area contributed by atoms with E-state index >= 15 is 0 Å². The van der Waals surface area contributed by atoms with Gasteiger partial charge >= 0.3 is 0 Å². The average molecular weight is 323 g/mol. The van der Waals surface area contributed by atoms with E-state index < -0.39 is 0 Å². The van der Waals surface area contributed by atoms with Crippen molar-refractivity contribution in [3.8, 4) is 6.07 Å². The molecule has 2 aromatic rings. The molecule has 0 unspecified atom stereocenters. The molecule has 2 heterocycles. The Morgan fingerprint density at radius 3 is 2.76 bits per heavy atom. The average Bonchev–Trinajstić information content (AvgIpc) is 2.82. The van der Waals surface area contributed by atoms with Gasteiger partial charge in [-0.25, -0.2) is 4.68 Å². The van der Waals surface area contributed by atoms with Gasteiger partial charge in [0.1, 0.15) is 11.6 Å². The van der Waals surface area contributed by atoms with Crippen molar-refractivity contribution in [1.29, 1.82) is 5.26 Å². The van der Waals surface area contributed by atoms with Crippen molar-refractivity contribution in [2.24, 2.45) is 0 Å². The smallest absolute Gasteiger partial charge is 0.282 e. The lowest BCUT2D eigenvalue weighted by Crippen LogP contribution is -2.33. The van der Waals surface area contributed by atoms with Crippen molar-refractivity contribution in [1.82, 2.24) is 14.7 Å². The van der Waals surface area contributed by atoms with Crippen molar-refractivity contribution in [2.45, 2.75) is 27.1 Å². The number of aromatic nitrogens is 2. The highest BCUT2D eigenvalue weighted by atomic mass is 35.5. The summed E-state index contributed by atoms with van der Waals surface area (Å²) in [4.78, 5) is 15.3. The first-order chi connectivity index (χ1) is 9.92. The highest BCUT2D eigenvalue weighted by molar-refractivity contribution is 7.16. The summed E-state index contributed by atoms with van der Waals surface area (Å²) in [6, 6.07) is 5.77. The van der Waals surface area contributed by atoms with Crippen LogP contribution in [0.3, 0.4) is 0 Å². The van der Waals surface area contributed by atoms with Gasteiger partial charge in [0, 0.05) is 11.4 Å². The van der Waals surface area contributed by atoms with Gasteiger partial charge in [-0.1, -0.05) is 11.6 Å². The van der Waals surface area contributed by atoms with Gasteiger partial charge in [0.2, 0.25) is 0 Å². The molecule has 0 amide bonds. The van der Waals surface area contributed by atoms with Gasteiger partial charge in [0.25, 0.3) is 5.56 Å². The molecule has 0 bridgehead atoms. The second kappa shape index (κ2) is 6.39. The highest BCUT2D eigenvalue weighted by Gasteiger charge is 2.13. The molecule has 110 valence electrons. The summed E-state index contributed by atoms with van der Waals surface area (Å²) in [7, 11) is 1.89. The Bertz CT molecular complexity index is 759. The molecule has 7 heteroatoms. The van der Waals surface area contributed by atoms with E-state index in [4.69, 9.17) is 16.9 Å². The number of rotatable bonds is 4. The minimum atomic E-state index is -0.350. The van der Waals surface area contributed by atoms with Gasteiger partial charge in [-0.15, -0.1) is 11.3 Å². The largest absolute Gasteiger partial charge is 0.286 e. The third kappa shape index (κ3) is 3.50. The second-order valence-electron chi connectivity index (χ2n) is 4.86. The molecule has 0 aromatic carbocycles. The predicted molar refractivity (Wildman–Crippen MR) is 83.5 cm³/mol. The Morgan fingerprint density at radius 1 is 1.48 bits per heavy atom. The monoisotopic (exact) mass is 322 g/mol. The summed E-state index contributed by atoms with van der Waals surface area (Å²) in [5, 5.41) is 13.4. The molecule has 5 nitrogen and oxygen atoms in total. The Hall–Kier alpha value is -1.68. The van der Waals surface area contributed by atoms with Crippen molar-refractivity contribution in [2.75, 3.05) is 7.05 Å². The van der Waals surface area contributed by atoms with Crippen LogP contribution in [0.1, 0.15) is 21.7 Å². The number of nitrogens with zero attached hydrogens (tertiary/aromatic N) is 4. The van der Waals surface area contributed by atoms with E-state index in [9.17, 15) is 4.79 Å². The van der Waals surface area contributed by atoms with E-state index in [1.54, 1.807) is 13.8 Å². The van der Waals surface area contributed by atoms with Gasteiger partial charge in [-0.2, -0.15) is 10.4 Å². The molecule has 0 aliphatic rings. The number of halogens is 1. The SMILES string of the molecule is Cc1nn(CN(C)Cc2ccc(Cl)s2)c(=O)c(C#N)c1C. The van der Waals surface area contributed by atoms with Crippen LogP contribution in [0.5, 0.6) is 0 Å². The van der Waals surface area contributed by atoms with Crippen LogP contribution in [0.25, 0.3) is 0 Å². The lowest BCUT2D eigenvalue weighted by molar-refractivity contribution is 0.241. The molecular formula is C14H15ClN4OS. The van der Waals surface area contributed by atoms with Gasteiger partial charge in [0.15, 0.2) is 0 Å². The summed E-state index contributed by atoms with van der Waals surface area (Å²) in [6.07, 6.45) is 0. The van der Waals surface area contributed by atoms with Crippen LogP contribution in [0.2, 0.25) is 4.34 Å². The Balaban J connectivity index is 2.22. The van der Waals surface area contributed by atoms with Crippen molar-refractivity contribution >= 4 is 22.9 Å². The topological polar surface area (TPSA) is 61.9 Å². The Labute approximate surface area is 132 Å². The van der Waals surface area contributed by atoms with Gasteiger partial charge in [-0.05, 0) is 38.6 Å². The van der Waals surface area contributed by atoms with Gasteiger partial charge in [0.05, 0.1) is 16.7 Å². The standard InChI is InChI=1S/C14H15ClN4OS/c1-9-10(2)17-19(14(20)12(9)6-16)8-18(3)7-11-4-5-13(15)21-11/h4-5H,7-8H2,1-3H3. The third-order valence-electron chi connectivity index (χ3n) is 3.18. The zero-order valence-electron chi connectivity index (χ0n) is 12.1. The summed E-state index contributed by atoms with van der Waals surface area (Å²) < 4.78 is 2.07. The van der Waals surface area contributed by atoms with E-state index in [1.807, 2.05) is 30.1 Å². The summed E-state index contributed by atoms with van der Waals surface area (Å²) in [6.45, 7) is 4.53. The summed E-state index contributed by atoms with van der Waals surface area (Å²) >= 11 is 7.41. The molecule has 2 aromatic heterocycles. The van der Waals surface area contributed by atoms with Crippen LogP contribution in [0.15, 0.2) is 16.9 Å².